The van der Waals surface area contributed by atoms with Gasteiger partial charge in [0, 0.05) is 13.5 Å². The normalized spacial score (nSPS) is 10.4. The van der Waals surface area contributed by atoms with Crippen molar-refractivity contribution in [3.63, 3.8) is 0 Å². The highest BCUT2D eigenvalue weighted by atomic mass is 16.4. The number of rotatable bonds is 3. The van der Waals surface area contributed by atoms with Gasteiger partial charge in [0.05, 0.1) is 5.69 Å². The lowest BCUT2D eigenvalue weighted by molar-refractivity contribution is 0.0685. The van der Waals surface area contributed by atoms with Gasteiger partial charge in [0.1, 0.15) is 11.4 Å². The summed E-state index contributed by atoms with van der Waals surface area (Å²) >= 11 is 0. The monoisotopic (exact) mass is 232 g/mol. The van der Waals surface area contributed by atoms with E-state index in [2.05, 4.69) is 5.10 Å². The standard InChI is InChI=1S/C12H12N2O3/c1-14-11(12(16)17)7-9(13-14)5-8-3-2-4-10(15)6-8/h2-4,6-7,15H,5H2,1H3,(H,16,17). The summed E-state index contributed by atoms with van der Waals surface area (Å²) in [5, 5.41) is 22.3. The fourth-order valence-electron chi connectivity index (χ4n) is 1.69. The van der Waals surface area contributed by atoms with Crippen LogP contribution in [0.4, 0.5) is 0 Å². The molecular weight excluding hydrogens is 220 g/mol. The van der Waals surface area contributed by atoms with Gasteiger partial charge in [-0.25, -0.2) is 4.79 Å². The minimum Gasteiger partial charge on any atom is -0.508 e. The number of hydrogen-bond acceptors (Lipinski definition) is 3. The number of nitrogens with zero attached hydrogens (tertiary/aromatic N) is 2. The van der Waals surface area contributed by atoms with E-state index >= 15 is 0 Å². The van der Waals surface area contributed by atoms with Crippen molar-refractivity contribution in [1.29, 1.82) is 0 Å². The Hall–Kier alpha value is -2.30. The van der Waals surface area contributed by atoms with E-state index in [4.69, 9.17) is 5.11 Å². The Kier molecular flexibility index (Phi) is 2.82. The number of benzene rings is 1. The van der Waals surface area contributed by atoms with E-state index in [1.165, 1.54) is 10.7 Å². The summed E-state index contributed by atoms with van der Waals surface area (Å²) in [5.41, 5.74) is 1.70. The van der Waals surface area contributed by atoms with Gasteiger partial charge in [-0.1, -0.05) is 12.1 Å². The fraction of sp³-hybridized carbons (Fsp3) is 0.167. The molecule has 0 amide bonds. The maximum Gasteiger partial charge on any atom is 0.354 e. The molecule has 0 aliphatic heterocycles. The molecule has 0 bridgehead atoms. The van der Waals surface area contributed by atoms with Crippen LogP contribution in [-0.2, 0) is 13.5 Å². The number of aromatic nitrogens is 2. The van der Waals surface area contributed by atoms with Crippen molar-refractivity contribution in [2.75, 3.05) is 0 Å². The molecule has 2 aromatic rings. The lowest BCUT2D eigenvalue weighted by Crippen LogP contribution is -2.04. The van der Waals surface area contributed by atoms with Gasteiger partial charge in [-0.05, 0) is 23.8 Å². The summed E-state index contributed by atoms with van der Waals surface area (Å²) < 4.78 is 1.33. The molecule has 0 saturated heterocycles. The molecule has 0 aliphatic carbocycles. The molecule has 0 aliphatic rings. The molecule has 17 heavy (non-hydrogen) atoms. The van der Waals surface area contributed by atoms with E-state index in [-0.39, 0.29) is 11.4 Å². The molecule has 2 rings (SSSR count). The number of aromatic hydroxyl groups is 1. The van der Waals surface area contributed by atoms with Crippen molar-refractivity contribution < 1.29 is 15.0 Å². The van der Waals surface area contributed by atoms with Crippen LogP contribution >= 0.6 is 0 Å². The number of carboxylic acids is 1. The fourth-order valence-corrected chi connectivity index (χ4v) is 1.69. The Balaban J connectivity index is 2.25. The molecular formula is C12H12N2O3. The van der Waals surface area contributed by atoms with Gasteiger partial charge >= 0.3 is 5.97 Å². The maximum absolute atomic E-state index is 10.8. The van der Waals surface area contributed by atoms with Crippen LogP contribution in [0, 0.1) is 0 Å². The van der Waals surface area contributed by atoms with E-state index < -0.39 is 5.97 Å². The van der Waals surface area contributed by atoms with E-state index in [1.807, 2.05) is 6.07 Å². The molecule has 0 radical (unpaired) electrons. The number of aromatic carboxylic acids is 1. The summed E-state index contributed by atoms with van der Waals surface area (Å²) in [6.07, 6.45) is 0.496. The summed E-state index contributed by atoms with van der Waals surface area (Å²) in [6.45, 7) is 0. The molecule has 0 fully saturated rings. The van der Waals surface area contributed by atoms with E-state index in [0.29, 0.717) is 12.1 Å². The molecule has 1 aromatic carbocycles. The average Bonchev–Trinajstić information content (AvgIpc) is 2.59. The lowest BCUT2D eigenvalue weighted by atomic mass is 10.1. The van der Waals surface area contributed by atoms with E-state index in [9.17, 15) is 9.90 Å². The largest absolute Gasteiger partial charge is 0.508 e. The van der Waals surface area contributed by atoms with Gasteiger partial charge in [0.2, 0.25) is 0 Å². The molecule has 0 spiro atoms. The number of aryl methyl sites for hydroxylation is 1. The van der Waals surface area contributed by atoms with Crippen LogP contribution in [0.1, 0.15) is 21.7 Å². The van der Waals surface area contributed by atoms with E-state index in [0.717, 1.165) is 5.56 Å². The van der Waals surface area contributed by atoms with Crippen LogP contribution in [0.3, 0.4) is 0 Å². The topological polar surface area (TPSA) is 75.3 Å². The van der Waals surface area contributed by atoms with Crippen molar-refractivity contribution in [2.24, 2.45) is 7.05 Å². The third-order valence-corrected chi connectivity index (χ3v) is 2.45. The Labute approximate surface area is 97.9 Å². The first-order chi connectivity index (χ1) is 8.06. The van der Waals surface area contributed by atoms with Crippen molar-refractivity contribution >= 4 is 5.97 Å². The van der Waals surface area contributed by atoms with Crippen molar-refractivity contribution in [2.45, 2.75) is 6.42 Å². The van der Waals surface area contributed by atoms with E-state index in [1.54, 1.807) is 25.2 Å². The van der Waals surface area contributed by atoms with Gasteiger partial charge in [0.15, 0.2) is 0 Å². The molecule has 5 nitrogen and oxygen atoms in total. The number of phenols is 1. The zero-order valence-electron chi connectivity index (χ0n) is 9.29. The quantitative estimate of drug-likeness (QED) is 0.839. The Morgan fingerprint density at radius 2 is 2.18 bits per heavy atom. The summed E-state index contributed by atoms with van der Waals surface area (Å²) in [5.74, 6) is -0.806. The molecule has 2 N–H and O–H groups in total. The van der Waals surface area contributed by atoms with Gasteiger partial charge < -0.3 is 10.2 Å². The van der Waals surface area contributed by atoms with Crippen molar-refractivity contribution in [3.05, 3.63) is 47.3 Å². The third-order valence-electron chi connectivity index (χ3n) is 2.45. The zero-order chi connectivity index (χ0) is 12.4. The first-order valence-corrected chi connectivity index (χ1v) is 5.10. The van der Waals surface area contributed by atoms with Crippen LogP contribution in [0.15, 0.2) is 30.3 Å². The predicted octanol–water partition coefficient (Wildman–Crippen LogP) is 1.41. The van der Waals surface area contributed by atoms with Crippen LogP contribution in [-0.4, -0.2) is 26.0 Å². The molecule has 5 heteroatoms. The minimum absolute atomic E-state index is 0.153. The first-order valence-electron chi connectivity index (χ1n) is 5.10. The third kappa shape index (κ3) is 2.44. The summed E-state index contributed by atoms with van der Waals surface area (Å²) in [4.78, 5) is 10.8. The highest BCUT2D eigenvalue weighted by Gasteiger charge is 2.11. The zero-order valence-corrected chi connectivity index (χ0v) is 9.29. The van der Waals surface area contributed by atoms with Crippen LogP contribution in [0.25, 0.3) is 0 Å². The average molecular weight is 232 g/mol. The van der Waals surface area contributed by atoms with Gasteiger partial charge in [0.25, 0.3) is 0 Å². The first kappa shape index (κ1) is 11.2. The summed E-state index contributed by atoms with van der Waals surface area (Å²) in [6, 6.07) is 8.35. The highest BCUT2D eigenvalue weighted by molar-refractivity contribution is 5.85. The van der Waals surface area contributed by atoms with Crippen LogP contribution < -0.4 is 0 Å². The number of phenolic OH excluding ortho intramolecular Hbond substituents is 1. The smallest absolute Gasteiger partial charge is 0.354 e. The number of carboxylic acid groups (broad SMARTS) is 1. The Bertz CT molecular complexity index is 561. The SMILES string of the molecule is Cn1nc(Cc2cccc(O)c2)cc1C(=O)O. The molecule has 1 aromatic heterocycles. The van der Waals surface area contributed by atoms with Crippen molar-refractivity contribution in [1.82, 2.24) is 9.78 Å². The molecule has 0 saturated carbocycles. The second-order valence-electron chi connectivity index (χ2n) is 3.80. The lowest BCUT2D eigenvalue weighted by Gasteiger charge is -1.98. The molecule has 88 valence electrons. The van der Waals surface area contributed by atoms with Crippen LogP contribution in [0.2, 0.25) is 0 Å². The second kappa shape index (κ2) is 4.29. The predicted molar refractivity (Wildman–Crippen MR) is 61.1 cm³/mol. The van der Waals surface area contributed by atoms with Gasteiger partial charge in [-0.15, -0.1) is 0 Å². The number of hydrogen-bond donors (Lipinski definition) is 2. The molecule has 0 unspecified atom stereocenters. The Morgan fingerprint density at radius 3 is 2.76 bits per heavy atom. The molecule has 0 atom stereocenters. The number of carbonyl (C=O) groups is 1. The van der Waals surface area contributed by atoms with Gasteiger partial charge in [-0.2, -0.15) is 5.10 Å². The van der Waals surface area contributed by atoms with Gasteiger partial charge in [-0.3, -0.25) is 4.68 Å². The minimum atomic E-state index is -0.998. The summed E-state index contributed by atoms with van der Waals surface area (Å²) in [7, 11) is 1.59. The highest BCUT2D eigenvalue weighted by Crippen LogP contribution is 2.15. The Morgan fingerprint density at radius 1 is 1.41 bits per heavy atom. The molecule has 1 heterocycles. The van der Waals surface area contributed by atoms with Crippen LogP contribution in [0.5, 0.6) is 5.75 Å². The maximum atomic E-state index is 10.8. The van der Waals surface area contributed by atoms with Crippen molar-refractivity contribution in [3.8, 4) is 5.75 Å². The second-order valence-corrected chi connectivity index (χ2v) is 3.80.